The lowest BCUT2D eigenvalue weighted by Gasteiger charge is -2.23. The fraction of sp³-hybridized carbons (Fsp3) is 0.576. The van der Waals surface area contributed by atoms with Crippen molar-refractivity contribution in [2.24, 2.45) is 30.5 Å². The van der Waals surface area contributed by atoms with Gasteiger partial charge in [0.25, 0.3) is 5.91 Å². The molecule has 2 aliphatic heterocycles. The number of nitrogens with zero attached hydrogens (tertiary/aromatic N) is 4. The van der Waals surface area contributed by atoms with Gasteiger partial charge in [-0.3, -0.25) is 14.4 Å². The molecule has 5 N–H and O–H groups in total. The van der Waals surface area contributed by atoms with Crippen molar-refractivity contribution in [2.45, 2.75) is 65.0 Å². The number of anilines is 1. The van der Waals surface area contributed by atoms with Gasteiger partial charge in [-0.1, -0.05) is 19.9 Å². The van der Waals surface area contributed by atoms with Crippen LogP contribution in [0.1, 0.15) is 72.8 Å². The lowest BCUT2D eigenvalue weighted by Crippen LogP contribution is -2.33. The molecule has 3 aromatic rings. The largest absolute Gasteiger partial charge is 0.372 e. The summed E-state index contributed by atoms with van der Waals surface area (Å²) in [5, 5.41) is 3.24. The predicted octanol–water partition coefficient (Wildman–Crippen LogP) is 5.19. The van der Waals surface area contributed by atoms with Gasteiger partial charge in [-0.25, -0.2) is 13.8 Å². The number of imidazole rings is 1. The Labute approximate surface area is 286 Å². The Kier molecular flexibility index (Phi) is 15.2. The van der Waals surface area contributed by atoms with E-state index in [0.29, 0.717) is 23.7 Å². The quantitative estimate of drug-likeness (QED) is 0.203. The van der Waals surface area contributed by atoms with Crippen LogP contribution in [0.2, 0.25) is 0 Å². The number of alkyl halides is 2. The summed E-state index contributed by atoms with van der Waals surface area (Å²) in [6, 6.07) is 6.36. The summed E-state index contributed by atoms with van der Waals surface area (Å²) in [6.45, 7) is 9.69. The van der Waals surface area contributed by atoms with Crippen LogP contribution in [0.15, 0.2) is 30.5 Å². The maximum Gasteiger partial charge on any atom is 0.261 e. The first-order chi connectivity index (χ1) is 22.8. The van der Waals surface area contributed by atoms with E-state index in [4.69, 9.17) is 14.6 Å². The Balaban J connectivity index is 0.000000190. The molecule has 1 aliphatic carbocycles. The maximum atomic E-state index is 13.5. The highest BCUT2D eigenvalue weighted by atomic mass is 32.1. The van der Waals surface area contributed by atoms with Crippen molar-refractivity contribution in [1.29, 1.82) is 0 Å². The molecule has 1 aromatic carbocycles. The van der Waals surface area contributed by atoms with Gasteiger partial charge in [0.05, 0.1) is 17.1 Å². The van der Waals surface area contributed by atoms with E-state index in [-0.39, 0.29) is 17.9 Å². The number of halogens is 2. The molecule has 3 amide bonds. The third kappa shape index (κ3) is 10.7. The van der Waals surface area contributed by atoms with Crippen molar-refractivity contribution in [3.8, 4) is 0 Å². The summed E-state index contributed by atoms with van der Waals surface area (Å²) in [6.07, 6.45) is 6.44. The fourth-order valence-electron chi connectivity index (χ4n) is 6.35. The molecule has 1 saturated carbocycles. The number of aryl methyl sites for hydroxylation is 2. The van der Waals surface area contributed by atoms with Gasteiger partial charge in [-0.2, -0.15) is 0 Å². The zero-order valence-electron chi connectivity index (χ0n) is 28.3. The number of carbonyl (C=O) groups is 3. The molecule has 0 bridgehead atoms. The van der Waals surface area contributed by atoms with Crippen molar-refractivity contribution in [3.63, 3.8) is 0 Å². The van der Waals surface area contributed by atoms with Crippen LogP contribution in [-0.4, -0.2) is 81.9 Å². The SMILES string of the molecule is CCCN1CCC2C(C)C2CCC1=O.CNC(=O)c1cc2cc(C(F)P(O)O)ccc2s1.Cc1cn(C)c(N2CCC(F)C2)n1.NC=O. The third-order valence-electron chi connectivity index (χ3n) is 8.88. The molecule has 0 spiro atoms. The molecule has 0 radical (unpaired) electrons. The lowest BCUT2D eigenvalue weighted by molar-refractivity contribution is -0.132. The first-order valence-electron chi connectivity index (χ1n) is 16.2. The van der Waals surface area contributed by atoms with Gasteiger partial charge in [0.1, 0.15) is 6.17 Å². The predicted molar refractivity (Wildman–Crippen MR) is 187 cm³/mol. The number of hydrogen-bond donors (Lipinski definition) is 4. The molecular formula is C33H49F2N6O5PS. The van der Waals surface area contributed by atoms with E-state index >= 15 is 0 Å². The number of carbonyl (C=O) groups excluding carboxylic acids is 3. The number of aromatic nitrogens is 2. The first-order valence-corrected chi connectivity index (χ1v) is 18.4. The molecule has 5 atom stereocenters. The van der Waals surface area contributed by atoms with Crippen LogP contribution in [0, 0.1) is 24.7 Å². The summed E-state index contributed by atoms with van der Waals surface area (Å²) in [4.78, 5) is 58.5. The van der Waals surface area contributed by atoms with Crippen molar-refractivity contribution in [1.82, 2.24) is 19.8 Å². The van der Waals surface area contributed by atoms with Crippen molar-refractivity contribution < 1.29 is 33.0 Å². The molecule has 3 aliphatic rings. The normalized spacial score (nSPS) is 22.2. The van der Waals surface area contributed by atoms with Crippen LogP contribution < -0.4 is 16.0 Å². The highest BCUT2D eigenvalue weighted by Gasteiger charge is 2.46. The maximum absolute atomic E-state index is 13.5. The Bertz CT molecular complexity index is 1510. The van der Waals surface area contributed by atoms with E-state index < -0.39 is 20.5 Å². The minimum Gasteiger partial charge on any atom is -0.372 e. The number of thiophene rings is 1. The number of benzene rings is 1. The standard InChI is InChI=1S/C12H21NO.C11H11FNO3PS.C9H14FN3.CH3NO/c1-3-7-13-8-6-11-9(2)10(11)4-5-12(13)14;1-13-11(14)9-5-7-4-6(10(12)17(15)16)2-3-8(7)18-9;1-7-5-12(2)9(11-7)13-4-3-8(10)6-13;2-1-3/h9-11H,3-8H2,1-2H3;2-5,10,15-16H,1H3,(H,13,14);5,8H,3-4,6H2,1-2H3;1H,(H2,2,3). The minimum absolute atomic E-state index is 0.193. The summed E-state index contributed by atoms with van der Waals surface area (Å²) in [5.74, 6) is 2.01. The van der Waals surface area contributed by atoms with Gasteiger partial charge >= 0.3 is 0 Å². The molecular weight excluding hydrogens is 661 g/mol. The molecule has 266 valence electrons. The van der Waals surface area contributed by atoms with Crippen molar-refractivity contribution in [3.05, 3.63) is 46.6 Å². The molecule has 6 rings (SSSR count). The Morgan fingerprint density at radius 1 is 1.23 bits per heavy atom. The second kappa shape index (κ2) is 18.5. The third-order valence-corrected chi connectivity index (χ3v) is 10.7. The van der Waals surface area contributed by atoms with E-state index in [1.54, 1.807) is 19.2 Å². The first kappa shape index (κ1) is 39.3. The average Bonchev–Trinajstić information content (AvgIpc) is 3.45. The number of nitrogens with two attached hydrogens (primary N) is 1. The van der Waals surface area contributed by atoms with Crippen LogP contribution in [0.25, 0.3) is 10.1 Å². The topological polar surface area (TPSA) is 154 Å². The minimum atomic E-state index is -2.64. The summed E-state index contributed by atoms with van der Waals surface area (Å²) in [7, 11) is 0.843. The molecule has 5 unspecified atom stereocenters. The van der Waals surface area contributed by atoms with Gasteiger partial charge in [0.2, 0.25) is 26.6 Å². The van der Waals surface area contributed by atoms with Crippen LogP contribution >= 0.6 is 19.7 Å². The number of fused-ring (bicyclic) bond motifs is 2. The number of primary amides is 1. The second-order valence-corrected chi connectivity index (χ2v) is 14.5. The number of nitrogens with one attached hydrogen (secondary N) is 1. The van der Waals surface area contributed by atoms with Crippen LogP contribution in [-0.2, 0) is 16.6 Å². The van der Waals surface area contributed by atoms with Gasteiger partial charge in [-0.05, 0) is 79.5 Å². The zero-order chi connectivity index (χ0) is 35.5. The van der Waals surface area contributed by atoms with E-state index in [0.717, 1.165) is 78.4 Å². The summed E-state index contributed by atoms with van der Waals surface area (Å²) in [5.41, 5.74) is 5.36. The molecule has 2 saturated heterocycles. The highest BCUT2D eigenvalue weighted by molar-refractivity contribution is 7.45. The van der Waals surface area contributed by atoms with Crippen molar-refractivity contribution in [2.75, 3.05) is 38.1 Å². The smallest absolute Gasteiger partial charge is 0.261 e. The highest BCUT2D eigenvalue weighted by Crippen LogP contribution is 2.51. The number of amides is 3. The molecule has 15 heteroatoms. The zero-order valence-corrected chi connectivity index (χ0v) is 30.0. The fourth-order valence-corrected chi connectivity index (χ4v) is 7.77. The monoisotopic (exact) mass is 710 g/mol. The van der Waals surface area contributed by atoms with E-state index in [1.807, 2.05) is 29.6 Å². The Morgan fingerprint density at radius 3 is 2.48 bits per heavy atom. The van der Waals surface area contributed by atoms with Gasteiger partial charge in [0, 0.05) is 51.0 Å². The summed E-state index contributed by atoms with van der Waals surface area (Å²) < 4.78 is 29.2. The molecule has 4 heterocycles. The van der Waals surface area contributed by atoms with Crippen LogP contribution in [0.4, 0.5) is 14.7 Å². The Hall–Kier alpha value is -3.19. The average molecular weight is 711 g/mol. The van der Waals surface area contributed by atoms with Crippen LogP contribution in [0.5, 0.6) is 0 Å². The van der Waals surface area contributed by atoms with Crippen molar-refractivity contribution >= 4 is 54.0 Å². The van der Waals surface area contributed by atoms with E-state index in [2.05, 4.69) is 34.8 Å². The van der Waals surface area contributed by atoms with Crippen LogP contribution in [0.3, 0.4) is 0 Å². The number of rotatable bonds is 6. The number of hydrogen-bond acceptors (Lipinski definition) is 8. The Morgan fingerprint density at radius 2 is 1.92 bits per heavy atom. The number of likely N-dealkylation sites (tertiary alicyclic amines) is 1. The lowest BCUT2D eigenvalue weighted by atomic mass is 10.1. The molecule has 48 heavy (non-hydrogen) atoms. The molecule has 3 fully saturated rings. The van der Waals surface area contributed by atoms with Gasteiger partial charge < -0.3 is 35.2 Å². The van der Waals surface area contributed by atoms with Gasteiger partial charge in [-0.15, -0.1) is 11.3 Å². The van der Waals surface area contributed by atoms with Gasteiger partial charge in [0.15, 0.2) is 5.91 Å². The second-order valence-electron chi connectivity index (χ2n) is 12.3. The van der Waals surface area contributed by atoms with E-state index in [9.17, 15) is 18.4 Å². The summed E-state index contributed by atoms with van der Waals surface area (Å²) >= 11 is 1.30. The molecule has 2 aromatic heterocycles. The van der Waals surface area contributed by atoms with E-state index in [1.165, 1.54) is 29.9 Å². The molecule has 11 nitrogen and oxygen atoms in total.